The van der Waals surface area contributed by atoms with Crippen LogP contribution in [0.1, 0.15) is 53.2 Å². The lowest BCUT2D eigenvalue weighted by Crippen LogP contribution is -2.57. The SMILES string of the molecule is COc1ccc2c(c1)CN(CC(NC(C)=O)(C(C)=O)c1ccc(C3C=CN=CC3)cc1)C2=O. The molecular weight excluding hydrogens is 418 g/mol. The summed E-state index contributed by atoms with van der Waals surface area (Å²) in [5.74, 6) is 0.129. The maximum Gasteiger partial charge on any atom is 0.254 e. The molecule has 2 aliphatic heterocycles. The minimum atomic E-state index is -1.35. The number of ether oxygens (including phenoxy) is 1. The first kappa shape index (κ1) is 22.5. The van der Waals surface area contributed by atoms with Crippen LogP contribution < -0.4 is 10.1 Å². The van der Waals surface area contributed by atoms with Gasteiger partial charge in [0, 0.05) is 37.4 Å². The van der Waals surface area contributed by atoms with Crippen LogP contribution in [0.25, 0.3) is 0 Å². The van der Waals surface area contributed by atoms with Crippen molar-refractivity contribution in [2.45, 2.75) is 38.3 Å². The molecule has 4 rings (SSSR count). The first-order valence-electron chi connectivity index (χ1n) is 10.9. The Bertz CT molecular complexity index is 1150. The predicted molar refractivity (Wildman–Crippen MR) is 125 cm³/mol. The normalized spacial score (nSPS) is 18.6. The van der Waals surface area contributed by atoms with E-state index in [0.29, 0.717) is 23.4 Å². The van der Waals surface area contributed by atoms with Gasteiger partial charge in [-0.25, -0.2) is 0 Å². The first-order chi connectivity index (χ1) is 15.8. The Labute approximate surface area is 193 Å². The second-order valence-corrected chi connectivity index (χ2v) is 8.46. The molecule has 33 heavy (non-hydrogen) atoms. The zero-order chi connectivity index (χ0) is 23.6. The van der Waals surface area contributed by atoms with Crippen molar-refractivity contribution in [3.63, 3.8) is 0 Å². The summed E-state index contributed by atoms with van der Waals surface area (Å²) >= 11 is 0. The molecule has 2 unspecified atom stereocenters. The molecule has 0 saturated carbocycles. The molecule has 0 bridgehead atoms. The minimum absolute atomic E-state index is 0.0348. The van der Waals surface area contributed by atoms with E-state index in [9.17, 15) is 14.4 Å². The van der Waals surface area contributed by atoms with E-state index in [1.165, 1.54) is 13.8 Å². The van der Waals surface area contributed by atoms with E-state index < -0.39 is 5.54 Å². The highest BCUT2D eigenvalue weighted by atomic mass is 16.5. The van der Waals surface area contributed by atoms with E-state index in [1.54, 1.807) is 30.3 Å². The maximum absolute atomic E-state index is 13.1. The summed E-state index contributed by atoms with van der Waals surface area (Å²) in [6, 6.07) is 13.0. The molecular formula is C26H27N3O4. The molecule has 0 saturated heterocycles. The second-order valence-electron chi connectivity index (χ2n) is 8.46. The highest BCUT2D eigenvalue weighted by molar-refractivity contribution is 6.00. The molecule has 2 atom stereocenters. The van der Waals surface area contributed by atoms with Gasteiger partial charge in [0.15, 0.2) is 5.78 Å². The summed E-state index contributed by atoms with van der Waals surface area (Å²) < 4.78 is 5.28. The summed E-state index contributed by atoms with van der Waals surface area (Å²) in [7, 11) is 1.58. The van der Waals surface area contributed by atoms with Crippen molar-refractivity contribution in [3.05, 3.63) is 77.0 Å². The Morgan fingerprint density at radius 1 is 1.18 bits per heavy atom. The third-order valence-corrected chi connectivity index (χ3v) is 6.31. The Balaban J connectivity index is 1.67. The summed E-state index contributed by atoms with van der Waals surface area (Å²) in [5, 5.41) is 2.86. The highest BCUT2D eigenvalue weighted by Crippen LogP contribution is 2.32. The standard InChI is InChI=1S/C26H27N3O4/c1-17(30)26(28-18(2)31,22-6-4-19(5-7-22)20-10-12-27-13-11-20)16-29-15-21-14-23(33-3)8-9-24(21)25(29)32/h4-10,12-14,20H,11,15-16H2,1-3H3,(H,28,31). The third-order valence-electron chi connectivity index (χ3n) is 6.31. The van der Waals surface area contributed by atoms with Crippen LogP contribution in [0, 0.1) is 0 Å². The van der Waals surface area contributed by atoms with Crippen LogP contribution >= 0.6 is 0 Å². The quantitative estimate of drug-likeness (QED) is 0.708. The molecule has 0 aromatic heterocycles. The molecule has 170 valence electrons. The van der Waals surface area contributed by atoms with Crippen LogP contribution in [-0.2, 0) is 21.7 Å². The lowest BCUT2D eigenvalue weighted by molar-refractivity contribution is -0.131. The number of amides is 2. The lowest BCUT2D eigenvalue weighted by atomic mass is 9.83. The fourth-order valence-corrected chi connectivity index (χ4v) is 4.53. The predicted octanol–water partition coefficient (Wildman–Crippen LogP) is 3.34. The molecule has 2 aromatic carbocycles. The average molecular weight is 446 g/mol. The van der Waals surface area contributed by atoms with Gasteiger partial charge in [0.1, 0.15) is 11.3 Å². The molecule has 0 aliphatic carbocycles. The number of nitrogens with zero attached hydrogens (tertiary/aromatic N) is 2. The zero-order valence-corrected chi connectivity index (χ0v) is 19.0. The van der Waals surface area contributed by atoms with Gasteiger partial charge in [0.05, 0.1) is 13.7 Å². The van der Waals surface area contributed by atoms with Crippen molar-refractivity contribution >= 4 is 23.8 Å². The van der Waals surface area contributed by atoms with Gasteiger partial charge in [-0.05, 0) is 48.2 Å². The second kappa shape index (κ2) is 9.02. The van der Waals surface area contributed by atoms with E-state index in [1.807, 2.05) is 42.6 Å². The van der Waals surface area contributed by atoms with Gasteiger partial charge in [0.25, 0.3) is 5.91 Å². The van der Waals surface area contributed by atoms with Gasteiger partial charge in [0.2, 0.25) is 5.91 Å². The number of hydrogen-bond donors (Lipinski definition) is 1. The van der Waals surface area contributed by atoms with E-state index in [-0.39, 0.29) is 30.1 Å². The van der Waals surface area contributed by atoms with Crippen molar-refractivity contribution in [1.82, 2.24) is 10.2 Å². The first-order valence-corrected chi connectivity index (χ1v) is 10.9. The zero-order valence-electron chi connectivity index (χ0n) is 19.0. The topological polar surface area (TPSA) is 88.1 Å². The Morgan fingerprint density at radius 2 is 1.94 bits per heavy atom. The number of fused-ring (bicyclic) bond motifs is 1. The van der Waals surface area contributed by atoms with Crippen LogP contribution in [0.5, 0.6) is 5.75 Å². The van der Waals surface area contributed by atoms with E-state index in [2.05, 4.69) is 10.3 Å². The lowest BCUT2D eigenvalue weighted by Gasteiger charge is -2.36. The fourth-order valence-electron chi connectivity index (χ4n) is 4.53. The van der Waals surface area contributed by atoms with Crippen molar-refractivity contribution in [3.8, 4) is 5.75 Å². The molecule has 2 aromatic rings. The molecule has 0 radical (unpaired) electrons. The van der Waals surface area contributed by atoms with E-state index in [0.717, 1.165) is 17.5 Å². The van der Waals surface area contributed by atoms with Crippen LogP contribution in [0.3, 0.4) is 0 Å². The molecule has 2 amide bonds. The van der Waals surface area contributed by atoms with Crippen LogP contribution in [-0.4, -0.2) is 42.4 Å². The van der Waals surface area contributed by atoms with Gasteiger partial charge >= 0.3 is 0 Å². The average Bonchev–Trinajstić information content (AvgIpc) is 3.13. The van der Waals surface area contributed by atoms with Crippen molar-refractivity contribution in [1.29, 1.82) is 0 Å². The molecule has 0 fully saturated rings. The molecule has 7 heteroatoms. The molecule has 1 N–H and O–H groups in total. The van der Waals surface area contributed by atoms with Gasteiger partial charge < -0.3 is 15.0 Å². The molecule has 2 aliphatic rings. The van der Waals surface area contributed by atoms with Gasteiger partial charge in [-0.2, -0.15) is 0 Å². The minimum Gasteiger partial charge on any atom is -0.497 e. The number of Topliss-reactive ketones (excluding diaryl/α,β-unsaturated/α-hetero) is 1. The Hall–Kier alpha value is -3.74. The number of methoxy groups -OCH3 is 1. The van der Waals surface area contributed by atoms with E-state index in [4.69, 9.17) is 4.74 Å². The van der Waals surface area contributed by atoms with Crippen molar-refractivity contribution in [2.24, 2.45) is 4.99 Å². The summed E-state index contributed by atoms with van der Waals surface area (Å²) in [4.78, 5) is 44.1. The Morgan fingerprint density at radius 3 is 2.55 bits per heavy atom. The van der Waals surface area contributed by atoms with Gasteiger partial charge in [-0.1, -0.05) is 30.3 Å². The van der Waals surface area contributed by atoms with Crippen LogP contribution in [0.15, 0.2) is 59.7 Å². The van der Waals surface area contributed by atoms with Crippen molar-refractivity contribution in [2.75, 3.05) is 13.7 Å². The van der Waals surface area contributed by atoms with Gasteiger partial charge in [-0.3, -0.25) is 19.4 Å². The Kier molecular flexibility index (Phi) is 6.14. The number of ketones is 1. The summed E-state index contributed by atoms with van der Waals surface area (Å²) in [5.41, 5.74) is 1.80. The largest absolute Gasteiger partial charge is 0.497 e. The van der Waals surface area contributed by atoms with E-state index >= 15 is 0 Å². The number of hydrogen-bond acceptors (Lipinski definition) is 5. The van der Waals surface area contributed by atoms with Gasteiger partial charge in [-0.15, -0.1) is 0 Å². The maximum atomic E-state index is 13.1. The molecule has 0 spiro atoms. The summed E-state index contributed by atoms with van der Waals surface area (Å²) in [6.45, 7) is 3.20. The number of benzene rings is 2. The monoisotopic (exact) mass is 445 g/mol. The van der Waals surface area contributed by atoms with Crippen LogP contribution in [0.4, 0.5) is 0 Å². The molecule has 7 nitrogen and oxygen atoms in total. The van der Waals surface area contributed by atoms with Crippen molar-refractivity contribution < 1.29 is 19.1 Å². The smallest absolute Gasteiger partial charge is 0.254 e. The fraction of sp³-hybridized carbons (Fsp3) is 0.308. The number of allylic oxidation sites excluding steroid dienone is 1. The summed E-state index contributed by atoms with van der Waals surface area (Å²) in [6.07, 6.45) is 6.51. The number of nitrogens with one attached hydrogen (secondary N) is 1. The number of aliphatic imine (C=N–C) groups is 1. The molecule has 2 heterocycles. The number of carbonyl (C=O) groups is 3. The number of rotatable bonds is 7. The number of carbonyl (C=O) groups excluding carboxylic acids is 3. The third kappa shape index (κ3) is 4.31. The van der Waals surface area contributed by atoms with Crippen LogP contribution in [0.2, 0.25) is 0 Å². The highest BCUT2D eigenvalue weighted by Gasteiger charge is 2.43.